The lowest BCUT2D eigenvalue weighted by molar-refractivity contribution is 0.323. The van der Waals surface area contributed by atoms with Crippen molar-refractivity contribution < 1.29 is 14.2 Å². The fourth-order valence-corrected chi connectivity index (χ4v) is 3.43. The van der Waals surface area contributed by atoms with E-state index in [9.17, 15) is 0 Å². The summed E-state index contributed by atoms with van der Waals surface area (Å²) in [6.07, 6.45) is 4.64. The van der Waals surface area contributed by atoms with Gasteiger partial charge in [0.15, 0.2) is 17.5 Å². The number of benzene rings is 2. The molecular formula is C24H31N5O3. The molecule has 3 rings (SSSR count). The maximum Gasteiger partial charge on any atom is 0.203 e. The Balaban J connectivity index is 1.54. The van der Waals surface area contributed by atoms with Crippen molar-refractivity contribution in [2.45, 2.75) is 19.5 Å². The number of nitrogens with zero attached hydrogens (tertiary/aromatic N) is 3. The molecule has 0 unspecified atom stereocenters. The van der Waals surface area contributed by atoms with Crippen molar-refractivity contribution in [1.29, 1.82) is 0 Å². The monoisotopic (exact) mass is 437 g/mol. The van der Waals surface area contributed by atoms with Crippen LogP contribution in [0.3, 0.4) is 0 Å². The average molecular weight is 438 g/mol. The van der Waals surface area contributed by atoms with Crippen LogP contribution in [-0.2, 0) is 19.5 Å². The Kier molecular flexibility index (Phi) is 8.36. The molecule has 32 heavy (non-hydrogen) atoms. The van der Waals surface area contributed by atoms with Crippen molar-refractivity contribution in [3.05, 3.63) is 71.8 Å². The molecule has 8 nitrogen and oxygen atoms in total. The number of guanidine groups is 1. The van der Waals surface area contributed by atoms with Crippen LogP contribution >= 0.6 is 0 Å². The lowest BCUT2D eigenvalue weighted by atomic mass is 10.2. The van der Waals surface area contributed by atoms with E-state index >= 15 is 0 Å². The highest BCUT2D eigenvalue weighted by Gasteiger charge is 2.13. The average Bonchev–Trinajstić information content (AvgIpc) is 3.27. The molecule has 170 valence electrons. The second-order valence-corrected chi connectivity index (χ2v) is 7.09. The van der Waals surface area contributed by atoms with Crippen LogP contribution in [0.15, 0.2) is 59.9 Å². The zero-order chi connectivity index (χ0) is 22.8. The van der Waals surface area contributed by atoms with E-state index in [2.05, 4.69) is 49.4 Å². The fraction of sp³-hybridized carbons (Fsp3) is 0.333. The van der Waals surface area contributed by atoms with Gasteiger partial charge in [0.2, 0.25) is 5.75 Å². The van der Waals surface area contributed by atoms with E-state index in [1.165, 1.54) is 5.56 Å². The van der Waals surface area contributed by atoms with Crippen LogP contribution < -0.4 is 24.8 Å². The summed E-state index contributed by atoms with van der Waals surface area (Å²) in [6, 6.07) is 14.2. The molecule has 0 aliphatic carbocycles. The number of rotatable bonds is 10. The van der Waals surface area contributed by atoms with E-state index in [4.69, 9.17) is 14.2 Å². The van der Waals surface area contributed by atoms with E-state index in [0.717, 1.165) is 24.4 Å². The lowest BCUT2D eigenvalue weighted by Gasteiger charge is -2.16. The zero-order valence-electron chi connectivity index (χ0n) is 19.1. The van der Waals surface area contributed by atoms with Gasteiger partial charge in [-0.05, 0) is 23.3 Å². The molecule has 0 saturated carbocycles. The maximum absolute atomic E-state index is 5.42. The van der Waals surface area contributed by atoms with E-state index in [1.54, 1.807) is 28.4 Å². The van der Waals surface area contributed by atoms with Gasteiger partial charge in [0.05, 0.1) is 21.3 Å². The molecule has 2 N–H and O–H groups in total. The van der Waals surface area contributed by atoms with Crippen molar-refractivity contribution >= 4 is 5.96 Å². The van der Waals surface area contributed by atoms with Crippen LogP contribution in [0.4, 0.5) is 0 Å². The van der Waals surface area contributed by atoms with Gasteiger partial charge in [0, 0.05) is 45.5 Å². The smallest absolute Gasteiger partial charge is 0.203 e. The number of nitrogens with one attached hydrogen (secondary N) is 2. The minimum Gasteiger partial charge on any atom is -0.493 e. The molecule has 0 bridgehead atoms. The fourth-order valence-electron chi connectivity index (χ4n) is 3.43. The summed E-state index contributed by atoms with van der Waals surface area (Å²) < 4.78 is 18.4. The van der Waals surface area contributed by atoms with Gasteiger partial charge < -0.3 is 29.4 Å². The summed E-state index contributed by atoms with van der Waals surface area (Å²) >= 11 is 0. The number of hydrogen-bond acceptors (Lipinski definition) is 5. The van der Waals surface area contributed by atoms with Crippen molar-refractivity contribution in [3.8, 4) is 17.2 Å². The lowest BCUT2D eigenvalue weighted by Crippen LogP contribution is -2.38. The van der Waals surface area contributed by atoms with Gasteiger partial charge in [-0.2, -0.15) is 0 Å². The predicted molar refractivity (Wildman–Crippen MR) is 126 cm³/mol. The third-order valence-corrected chi connectivity index (χ3v) is 5.05. The SMILES string of the molecule is CN=C(NCCc1nccn1Cc1ccccc1)NCc1cc(OC)c(OC)c(OC)c1. The number of aromatic nitrogens is 2. The van der Waals surface area contributed by atoms with E-state index in [1.807, 2.05) is 30.6 Å². The molecule has 0 spiro atoms. The van der Waals surface area contributed by atoms with Gasteiger partial charge in [-0.25, -0.2) is 4.98 Å². The number of ether oxygens (including phenoxy) is 3. The van der Waals surface area contributed by atoms with Crippen LogP contribution in [0, 0.1) is 0 Å². The van der Waals surface area contributed by atoms with Crippen molar-refractivity contribution in [2.24, 2.45) is 4.99 Å². The number of hydrogen-bond donors (Lipinski definition) is 2. The molecule has 0 aliphatic rings. The van der Waals surface area contributed by atoms with Crippen LogP contribution in [-0.4, -0.2) is 50.4 Å². The highest BCUT2D eigenvalue weighted by Crippen LogP contribution is 2.38. The van der Waals surface area contributed by atoms with Crippen LogP contribution in [0.5, 0.6) is 17.2 Å². The molecule has 2 aromatic carbocycles. The van der Waals surface area contributed by atoms with Gasteiger partial charge in [0.25, 0.3) is 0 Å². The first-order valence-corrected chi connectivity index (χ1v) is 10.5. The van der Waals surface area contributed by atoms with Gasteiger partial charge >= 0.3 is 0 Å². The third-order valence-electron chi connectivity index (χ3n) is 5.05. The summed E-state index contributed by atoms with van der Waals surface area (Å²) in [5, 5.41) is 6.67. The molecule has 0 atom stereocenters. The third kappa shape index (κ3) is 5.94. The van der Waals surface area contributed by atoms with Gasteiger partial charge in [-0.15, -0.1) is 0 Å². The molecule has 1 heterocycles. The summed E-state index contributed by atoms with van der Waals surface area (Å²) in [4.78, 5) is 8.82. The Labute approximate surface area is 189 Å². The highest BCUT2D eigenvalue weighted by atomic mass is 16.5. The number of aliphatic imine (C=N–C) groups is 1. The topological polar surface area (TPSA) is 81.9 Å². The van der Waals surface area contributed by atoms with Crippen molar-refractivity contribution in [2.75, 3.05) is 34.9 Å². The molecule has 3 aromatic rings. The van der Waals surface area contributed by atoms with Gasteiger partial charge in [-0.1, -0.05) is 30.3 Å². The number of imidazole rings is 1. The predicted octanol–water partition coefficient (Wildman–Crippen LogP) is 2.86. The normalized spacial score (nSPS) is 11.2. The summed E-state index contributed by atoms with van der Waals surface area (Å²) in [5.74, 6) is 3.56. The Morgan fingerprint density at radius 3 is 2.31 bits per heavy atom. The largest absolute Gasteiger partial charge is 0.493 e. The van der Waals surface area contributed by atoms with Crippen LogP contribution in [0.1, 0.15) is 17.0 Å². The molecule has 8 heteroatoms. The quantitative estimate of drug-likeness (QED) is 0.375. The van der Waals surface area contributed by atoms with Crippen LogP contribution in [0.2, 0.25) is 0 Å². The minimum absolute atomic E-state index is 0.555. The van der Waals surface area contributed by atoms with E-state index in [-0.39, 0.29) is 0 Å². The summed E-state index contributed by atoms with van der Waals surface area (Å²) in [5.41, 5.74) is 2.24. The van der Waals surface area contributed by atoms with Crippen molar-refractivity contribution in [3.63, 3.8) is 0 Å². The number of methoxy groups -OCH3 is 3. The Bertz CT molecular complexity index is 992. The minimum atomic E-state index is 0.555. The van der Waals surface area contributed by atoms with Gasteiger partial charge in [0.1, 0.15) is 5.82 Å². The first kappa shape index (κ1) is 23.0. The Morgan fingerprint density at radius 2 is 1.69 bits per heavy atom. The van der Waals surface area contributed by atoms with E-state index < -0.39 is 0 Å². The molecule has 0 saturated heterocycles. The first-order chi connectivity index (χ1) is 15.7. The summed E-state index contributed by atoms with van der Waals surface area (Å²) in [7, 11) is 6.56. The summed E-state index contributed by atoms with van der Waals surface area (Å²) in [6.45, 7) is 2.07. The highest BCUT2D eigenvalue weighted by molar-refractivity contribution is 5.79. The van der Waals surface area contributed by atoms with Crippen molar-refractivity contribution in [1.82, 2.24) is 20.2 Å². The molecular weight excluding hydrogens is 406 g/mol. The molecule has 0 amide bonds. The molecule has 0 aliphatic heterocycles. The standard InChI is InChI=1S/C24H31N5O3/c1-25-24(28-16-19-14-20(30-2)23(32-4)21(15-19)31-3)27-11-10-22-26-12-13-29(22)17-18-8-6-5-7-9-18/h5-9,12-15H,10-11,16-17H2,1-4H3,(H2,25,27,28). The molecule has 0 fully saturated rings. The zero-order valence-corrected chi connectivity index (χ0v) is 19.1. The van der Waals surface area contributed by atoms with Crippen LogP contribution in [0.25, 0.3) is 0 Å². The van der Waals surface area contributed by atoms with E-state index in [0.29, 0.717) is 36.3 Å². The first-order valence-electron chi connectivity index (χ1n) is 10.5. The van der Waals surface area contributed by atoms with Gasteiger partial charge in [-0.3, -0.25) is 4.99 Å². The molecule has 1 aromatic heterocycles. The second-order valence-electron chi connectivity index (χ2n) is 7.09. The Hall–Kier alpha value is -3.68. The Morgan fingerprint density at radius 1 is 0.969 bits per heavy atom. The maximum atomic E-state index is 5.42. The second kappa shape index (κ2) is 11.6. The molecule has 0 radical (unpaired) electrons.